The highest BCUT2D eigenvalue weighted by Gasteiger charge is 2.12. The standard InChI is InChI=1S/C15H15N3O3S/c1-9(2)11-7-14(21-18-11)17-13(19)8-22-15-16-10-5-3-4-6-12(10)20-15/h3-7,9H,8H2,1-2H3,(H,17,19). The number of amides is 1. The first-order chi connectivity index (χ1) is 10.6. The number of para-hydroxylation sites is 2. The Morgan fingerprint density at radius 2 is 2.18 bits per heavy atom. The molecule has 0 radical (unpaired) electrons. The number of rotatable bonds is 5. The molecule has 3 aromatic rings. The summed E-state index contributed by atoms with van der Waals surface area (Å²) in [6.07, 6.45) is 0. The third kappa shape index (κ3) is 3.30. The fraction of sp³-hybridized carbons (Fsp3) is 0.267. The second kappa shape index (κ2) is 6.23. The molecule has 0 aliphatic carbocycles. The quantitative estimate of drug-likeness (QED) is 0.723. The molecule has 1 amide bonds. The van der Waals surface area contributed by atoms with Crippen molar-refractivity contribution < 1.29 is 13.7 Å². The van der Waals surface area contributed by atoms with E-state index in [4.69, 9.17) is 8.94 Å². The summed E-state index contributed by atoms with van der Waals surface area (Å²) in [7, 11) is 0. The number of thioether (sulfide) groups is 1. The predicted octanol–water partition coefficient (Wildman–Crippen LogP) is 3.67. The average Bonchev–Trinajstić information content (AvgIpc) is 3.11. The van der Waals surface area contributed by atoms with Crippen molar-refractivity contribution in [1.82, 2.24) is 10.1 Å². The lowest BCUT2D eigenvalue weighted by Gasteiger charge is -1.98. The number of carbonyl (C=O) groups excluding carboxylic acids is 1. The van der Waals surface area contributed by atoms with Crippen LogP contribution in [-0.2, 0) is 4.79 Å². The van der Waals surface area contributed by atoms with E-state index < -0.39 is 0 Å². The maximum Gasteiger partial charge on any atom is 0.257 e. The van der Waals surface area contributed by atoms with E-state index in [0.717, 1.165) is 11.2 Å². The number of fused-ring (bicyclic) bond motifs is 1. The summed E-state index contributed by atoms with van der Waals surface area (Å²) in [4.78, 5) is 16.2. The van der Waals surface area contributed by atoms with Crippen LogP contribution in [0.5, 0.6) is 0 Å². The number of nitrogens with zero attached hydrogens (tertiary/aromatic N) is 2. The van der Waals surface area contributed by atoms with Gasteiger partial charge in [-0.15, -0.1) is 0 Å². The first-order valence-electron chi connectivity index (χ1n) is 6.86. The molecule has 6 nitrogen and oxygen atoms in total. The minimum Gasteiger partial charge on any atom is -0.431 e. The maximum absolute atomic E-state index is 11.9. The van der Waals surface area contributed by atoms with E-state index >= 15 is 0 Å². The minimum atomic E-state index is -0.196. The van der Waals surface area contributed by atoms with Crippen molar-refractivity contribution in [2.24, 2.45) is 0 Å². The van der Waals surface area contributed by atoms with Crippen molar-refractivity contribution >= 4 is 34.7 Å². The Bertz CT molecular complexity index is 761. The smallest absolute Gasteiger partial charge is 0.257 e. The summed E-state index contributed by atoms with van der Waals surface area (Å²) < 4.78 is 10.6. The van der Waals surface area contributed by atoms with Gasteiger partial charge in [-0.25, -0.2) is 4.98 Å². The molecule has 0 aliphatic heterocycles. The van der Waals surface area contributed by atoms with Crippen LogP contribution in [0, 0.1) is 0 Å². The number of aromatic nitrogens is 2. The number of oxazole rings is 1. The Morgan fingerprint density at radius 1 is 1.36 bits per heavy atom. The molecule has 0 saturated carbocycles. The van der Waals surface area contributed by atoms with Crippen LogP contribution in [0.2, 0.25) is 0 Å². The number of carbonyl (C=O) groups is 1. The molecule has 0 unspecified atom stereocenters. The van der Waals surface area contributed by atoms with Crippen molar-refractivity contribution in [3.63, 3.8) is 0 Å². The fourth-order valence-electron chi connectivity index (χ4n) is 1.83. The molecule has 3 rings (SSSR count). The summed E-state index contributed by atoms with van der Waals surface area (Å²) in [5, 5.41) is 7.02. The van der Waals surface area contributed by atoms with Gasteiger partial charge in [-0.2, -0.15) is 0 Å². The Labute approximate surface area is 131 Å². The molecule has 7 heteroatoms. The Balaban J connectivity index is 1.57. The van der Waals surface area contributed by atoms with E-state index in [-0.39, 0.29) is 17.6 Å². The van der Waals surface area contributed by atoms with Crippen LogP contribution >= 0.6 is 11.8 Å². The molecule has 0 spiro atoms. The lowest BCUT2D eigenvalue weighted by Crippen LogP contribution is -2.13. The summed E-state index contributed by atoms with van der Waals surface area (Å²) in [5.74, 6) is 0.596. The lowest BCUT2D eigenvalue weighted by atomic mass is 10.1. The number of benzene rings is 1. The lowest BCUT2D eigenvalue weighted by molar-refractivity contribution is -0.113. The summed E-state index contributed by atoms with van der Waals surface area (Å²) in [6, 6.07) is 9.21. The van der Waals surface area contributed by atoms with Gasteiger partial charge in [-0.3, -0.25) is 10.1 Å². The van der Waals surface area contributed by atoms with Gasteiger partial charge in [-0.1, -0.05) is 42.9 Å². The zero-order valence-corrected chi connectivity index (χ0v) is 13.0. The van der Waals surface area contributed by atoms with E-state index in [1.807, 2.05) is 38.1 Å². The number of anilines is 1. The molecule has 22 heavy (non-hydrogen) atoms. The largest absolute Gasteiger partial charge is 0.431 e. The van der Waals surface area contributed by atoms with Gasteiger partial charge in [0, 0.05) is 6.07 Å². The molecule has 0 saturated heterocycles. The van der Waals surface area contributed by atoms with E-state index in [1.54, 1.807) is 6.07 Å². The van der Waals surface area contributed by atoms with Crippen molar-refractivity contribution in [2.75, 3.05) is 11.1 Å². The van der Waals surface area contributed by atoms with Crippen LogP contribution in [-0.4, -0.2) is 21.8 Å². The first kappa shape index (κ1) is 14.6. The predicted molar refractivity (Wildman–Crippen MR) is 84.0 cm³/mol. The van der Waals surface area contributed by atoms with Crippen LogP contribution in [0.3, 0.4) is 0 Å². The van der Waals surface area contributed by atoms with Gasteiger partial charge in [0.2, 0.25) is 11.8 Å². The highest BCUT2D eigenvalue weighted by Crippen LogP contribution is 2.23. The molecule has 2 heterocycles. The normalized spacial score (nSPS) is 11.2. The van der Waals surface area contributed by atoms with Crippen LogP contribution in [0.4, 0.5) is 5.88 Å². The van der Waals surface area contributed by atoms with Crippen molar-refractivity contribution in [3.8, 4) is 0 Å². The fourth-order valence-corrected chi connectivity index (χ4v) is 2.47. The van der Waals surface area contributed by atoms with Crippen molar-refractivity contribution in [1.29, 1.82) is 0 Å². The van der Waals surface area contributed by atoms with E-state index in [1.165, 1.54) is 11.8 Å². The summed E-state index contributed by atoms with van der Waals surface area (Å²) >= 11 is 1.23. The van der Waals surface area contributed by atoms with E-state index in [9.17, 15) is 4.79 Å². The molecule has 0 fully saturated rings. The topological polar surface area (TPSA) is 81.2 Å². The number of hydrogen-bond donors (Lipinski definition) is 1. The van der Waals surface area contributed by atoms with Gasteiger partial charge in [-0.05, 0) is 18.1 Å². The monoisotopic (exact) mass is 317 g/mol. The molecule has 0 bridgehead atoms. The molecule has 2 aromatic heterocycles. The zero-order chi connectivity index (χ0) is 15.5. The van der Waals surface area contributed by atoms with Gasteiger partial charge in [0.1, 0.15) is 5.52 Å². The first-order valence-corrected chi connectivity index (χ1v) is 7.85. The maximum atomic E-state index is 11.9. The zero-order valence-electron chi connectivity index (χ0n) is 12.2. The molecule has 0 aliphatic rings. The highest BCUT2D eigenvalue weighted by atomic mass is 32.2. The molecule has 114 valence electrons. The molecular weight excluding hydrogens is 302 g/mol. The average molecular weight is 317 g/mol. The van der Waals surface area contributed by atoms with Crippen LogP contribution < -0.4 is 5.32 Å². The van der Waals surface area contributed by atoms with Gasteiger partial charge in [0.15, 0.2) is 5.58 Å². The van der Waals surface area contributed by atoms with Crippen LogP contribution in [0.25, 0.3) is 11.1 Å². The van der Waals surface area contributed by atoms with Gasteiger partial charge in [0.25, 0.3) is 5.22 Å². The molecule has 1 aromatic carbocycles. The Kier molecular flexibility index (Phi) is 4.15. The van der Waals surface area contributed by atoms with Crippen LogP contribution in [0.15, 0.2) is 44.5 Å². The number of hydrogen-bond acceptors (Lipinski definition) is 6. The highest BCUT2D eigenvalue weighted by molar-refractivity contribution is 7.99. The second-order valence-corrected chi connectivity index (χ2v) is 5.98. The minimum absolute atomic E-state index is 0.185. The molecule has 1 N–H and O–H groups in total. The Hall–Kier alpha value is -2.28. The summed E-state index contributed by atoms with van der Waals surface area (Å²) in [6.45, 7) is 4.01. The van der Waals surface area contributed by atoms with E-state index in [2.05, 4.69) is 15.5 Å². The van der Waals surface area contributed by atoms with Crippen molar-refractivity contribution in [3.05, 3.63) is 36.0 Å². The number of nitrogens with one attached hydrogen (secondary N) is 1. The Morgan fingerprint density at radius 3 is 2.91 bits per heavy atom. The third-order valence-electron chi connectivity index (χ3n) is 2.98. The van der Waals surface area contributed by atoms with E-state index in [0.29, 0.717) is 16.7 Å². The SMILES string of the molecule is CC(C)c1cc(NC(=O)CSc2nc3ccccc3o2)on1. The molecular formula is C15H15N3O3S. The second-order valence-electron chi connectivity index (χ2n) is 5.06. The van der Waals surface area contributed by atoms with Gasteiger partial charge >= 0.3 is 0 Å². The van der Waals surface area contributed by atoms with Gasteiger partial charge in [0.05, 0.1) is 11.4 Å². The van der Waals surface area contributed by atoms with Crippen LogP contribution in [0.1, 0.15) is 25.5 Å². The third-order valence-corrected chi connectivity index (χ3v) is 3.81. The van der Waals surface area contributed by atoms with Gasteiger partial charge < -0.3 is 8.94 Å². The van der Waals surface area contributed by atoms with Crippen molar-refractivity contribution in [2.45, 2.75) is 25.0 Å². The molecule has 0 atom stereocenters. The summed E-state index contributed by atoms with van der Waals surface area (Å²) in [5.41, 5.74) is 2.30.